The van der Waals surface area contributed by atoms with Crippen LogP contribution in [0.15, 0.2) is 0 Å². The first-order valence-corrected chi connectivity index (χ1v) is 8.09. The Hall–Kier alpha value is -0.120. The highest BCUT2D eigenvalue weighted by molar-refractivity contribution is 4.85. The quantitative estimate of drug-likeness (QED) is 0.818. The van der Waals surface area contributed by atoms with Gasteiger partial charge in [-0.05, 0) is 77.3 Å². The molecule has 0 aliphatic carbocycles. The summed E-state index contributed by atoms with van der Waals surface area (Å²) in [5, 5.41) is 3.48. The zero-order chi connectivity index (χ0) is 12.2. The van der Waals surface area contributed by atoms with E-state index < -0.39 is 0 Å². The molecule has 2 atom stereocenters. The van der Waals surface area contributed by atoms with Gasteiger partial charge in [-0.25, -0.2) is 0 Å². The molecule has 0 aromatic heterocycles. The van der Waals surface area contributed by atoms with Gasteiger partial charge in [0.15, 0.2) is 0 Å². The molecule has 3 aliphatic heterocycles. The lowest BCUT2D eigenvalue weighted by Crippen LogP contribution is -2.41. The molecule has 0 spiro atoms. The maximum atomic E-state index is 3.48. The fourth-order valence-electron chi connectivity index (χ4n) is 3.92. The number of likely N-dealkylation sites (tertiary alicyclic amines) is 2. The van der Waals surface area contributed by atoms with Crippen molar-refractivity contribution < 1.29 is 0 Å². The van der Waals surface area contributed by atoms with Crippen LogP contribution in [0.1, 0.15) is 38.5 Å². The van der Waals surface area contributed by atoms with Gasteiger partial charge in [0, 0.05) is 12.6 Å². The summed E-state index contributed by atoms with van der Waals surface area (Å²) in [5.74, 6) is 0.957. The molecule has 3 heteroatoms. The first-order valence-electron chi connectivity index (χ1n) is 8.09. The van der Waals surface area contributed by atoms with Crippen molar-refractivity contribution in [3.8, 4) is 0 Å². The second kappa shape index (κ2) is 6.36. The Bertz CT molecular complexity index is 244. The van der Waals surface area contributed by atoms with Crippen LogP contribution in [0.5, 0.6) is 0 Å². The van der Waals surface area contributed by atoms with Crippen molar-refractivity contribution in [2.24, 2.45) is 5.92 Å². The van der Waals surface area contributed by atoms with Crippen LogP contribution in [0.4, 0.5) is 0 Å². The topological polar surface area (TPSA) is 18.5 Å². The number of nitrogens with one attached hydrogen (secondary N) is 1. The lowest BCUT2D eigenvalue weighted by Gasteiger charge is -2.32. The highest BCUT2D eigenvalue weighted by atomic mass is 15.3. The standard InChI is InChI=1S/C15H29N3/c1-2-8-18(9-3-1)15-6-11-17(13-15)10-5-14-4-7-16-12-14/h14-16H,1-13H2. The van der Waals surface area contributed by atoms with Gasteiger partial charge in [-0.15, -0.1) is 0 Å². The molecule has 0 saturated carbocycles. The number of hydrogen-bond donors (Lipinski definition) is 1. The Labute approximate surface area is 112 Å². The second-order valence-corrected chi connectivity index (χ2v) is 6.49. The van der Waals surface area contributed by atoms with E-state index in [9.17, 15) is 0 Å². The van der Waals surface area contributed by atoms with Gasteiger partial charge in [-0.2, -0.15) is 0 Å². The summed E-state index contributed by atoms with van der Waals surface area (Å²) in [5.41, 5.74) is 0. The van der Waals surface area contributed by atoms with Crippen molar-refractivity contribution in [3.05, 3.63) is 0 Å². The second-order valence-electron chi connectivity index (χ2n) is 6.49. The Kier molecular flexibility index (Phi) is 4.55. The van der Waals surface area contributed by atoms with Crippen LogP contribution in [0, 0.1) is 5.92 Å². The normalized spacial score (nSPS) is 35.3. The molecule has 3 heterocycles. The summed E-state index contributed by atoms with van der Waals surface area (Å²) >= 11 is 0. The summed E-state index contributed by atoms with van der Waals surface area (Å²) in [6.45, 7) is 9.29. The van der Waals surface area contributed by atoms with Crippen LogP contribution in [0.3, 0.4) is 0 Å². The Morgan fingerprint density at radius 3 is 2.67 bits per heavy atom. The molecule has 3 aliphatic rings. The minimum absolute atomic E-state index is 0.881. The first-order chi connectivity index (χ1) is 8.92. The minimum Gasteiger partial charge on any atom is -0.316 e. The van der Waals surface area contributed by atoms with Crippen LogP contribution >= 0.6 is 0 Å². The van der Waals surface area contributed by atoms with Crippen LogP contribution in [-0.4, -0.2) is 61.7 Å². The third-order valence-corrected chi connectivity index (χ3v) is 5.17. The van der Waals surface area contributed by atoms with Gasteiger partial charge in [0.25, 0.3) is 0 Å². The predicted molar refractivity (Wildman–Crippen MR) is 75.9 cm³/mol. The third-order valence-electron chi connectivity index (χ3n) is 5.17. The van der Waals surface area contributed by atoms with Crippen molar-refractivity contribution in [2.45, 2.75) is 44.6 Å². The largest absolute Gasteiger partial charge is 0.316 e. The van der Waals surface area contributed by atoms with Crippen molar-refractivity contribution in [1.29, 1.82) is 0 Å². The van der Waals surface area contributed by atoms with Crippen LogP contribution in [-0.2, 0) is 0 Å². The zero-order valence-electron chi connectivity index (χ0n) is 11.7. The van der Waals surface area contributed by atoms with Crippen LogP contribution < -0.4 is 5.32 Å². The van der Waals surface area contributed by atoms with Crippen LogP contribution in [0.25, 0.3) is 0 Å². The molecule has 3 saturated heterocycles. The Morgan fingerprint density at radius 1 is 1.00 bits per heavy atom. The monoisotopic (exact) mass is 251 g/mol. The molecule has 18 heavy (non-hydrogen) atoms. The van der Waals surface area contributed by atoms with E-state index in [0.717, 1.165) is 12.0 Å². The molecule has 0 amide bonds. The third kappa shape index (κ3) is 3.25. The summed E-state index contributed by atoms with van der Waals surface area (Å²) in [6.07, 6.45) is 8.57. The van der Waals surface area contributed by atoms with Gasteiger partial charge in [0.2, 0.25) is 0 Å². The summed E-state index contributed by atoms with van der Waals surface area (Å²) in [4.78, 5) is 5.48. The molecule has 0 bridgehead atoms. The predicted octanol–water partition coefficient (Wildman–Crippen LogP) is 1.55. The Morgan fingerprint density at radius 2 is 1.89 bits per heavy atom. The van der Waals surface area contributed by atoms with Crippen molar-refractivity contribution >= 4 is 0 Å². The van der Waals surface area contributed by atoms with Gasteiger partial charge >= 0.3 is 0 Å². The molecular formula is C15H29N3. The maximum absolute atomic E-state index is 3.48. The minimum atomic E-state index is 0.881. The molecular weight excluding hydrogens is 222 g/mol. The Balaban J connectivity index is 1.37. The maximum Gasteiger partial charge on any atom is 0.0235 e. The van der Waals surface area contributed by atoms with Gasteiger partial charge < -0.3 is 10.2 Å². The van der Waals surface area contributed by atoms with Gasteiger partial charge in [0.05, 0.1) is 0 Å². The van der Waals surface area contributed by atoms with E-state index in [-0.39, 0.29) is 0 Å². The van der Waals surface area contributed by atoms with Crippen molar-refractivity contribution in [2.75, 3.05) is 45.8 Å². The number of piperidine rings is 1. The van der Waals surface area contributed by atoms with Crippen molar-refractivity contribution in [3.63, 3.8) is 0 Å². The molecule has 3 nitrogen and oxygen atoms in total. The first kappa shape index (κ1) is 12.9. The van der Waals surface area contributed by atoms with E-state index in [0.29, 0.717) is 0 Å². The van der Waals surface area contributed by atoms with E-state index in [4.69, 9.17) is 0 Å². The molecule has 3 rings (SSSR count). The van der Waals surface area contributed by atoms with Crippen LogP contribution in [0.2, 0.25) is 0 Å². The summed E-state index contributed by atoms with van der Waals surface area (Å²) in [6, 6.07) is 0.881. The van der Waals surface area contributed by atoms with Crippen molar-refractivity contribution in [1.82, 2.24) is 15.1 Å². The number of rotatable bonds is 4. The fourth-order valence-corrected chi connectivity index (χ4v) is 3.92. The van der Waals surface area contributed by atoms with E-state index >= 15 is 0 Å². The van der Waals surface area contributed by atoms with E-state index in [1.807, 2.05) is 0 Å². The van der Waals surface area contributed by atoms with E-state index in [1.54, 1.807) is 0 Å². The lowest BCUT2D eigenvalue weighted by molar-refractivity contribution is 0.161. The number of nitrogens with zero attached hydrogens (tertiary/aromatic N) is 2. The van der Waals surface area contributed by atoms with Gasteiger partial charge in [-0.3, -0.25) is 4.90 Å². The number of hydrogen-bond acceptors (Lipinski definition) is 3. The molecule has 2 unspecified atom stereocenters. The molecule has 3 fully saturated rings. The molecule has 0 radical (unpaired) electrons. The SMILES string of the molecule is C1CCN(C2CCN(CCC3CCNC3)C2)CC1. The zero-order valence-corrected chi connectivity index (χ0v) is 11.7. The molecule has 0 aromatic carbocycles. The average molecular weight is 251 g/mol. The highest BCUT2D eigenvalue weighted by Gasteiger charge is 2.28. The average Bonchev–Trinajstić information content (AvgIpc) is 3.09. The van der Waals surface area contributed by atoms with Gasteiger partial charge in [0.1, 0.15) is 0 Å². The summed E-state index contributed by atoms with van der Waals surface area (Å²) < 4.78 is 0. The fraction of sp³-hybridized carbons (Fsp3) is 1.00. The smallest absolute Gasteiger partial charge is 0.0235 e. The van der Waals surface area contributed by atoms with E-state index in [1.165, 1.54) is 84.3 Å². The lowest BCUT2D eigenvalue weighted by atomic mass is 10.1. The highest BCUT2D eigenvalue weighted by Crippen LogP contribution is 2.21. The van der Waals surface area contributed by atoms with E-state index in [2.05, 4.69) is 15.1 Å². The summed E-state index contributed by atoms with van der Waals surface area (Å²) in [7, 11) is 0. The molecule has 0 aromatic rings. The molecule has 104 valence electrons. The molecule has 1 N–H and O–H groups in total. The van der Waals surface area contributed by atoms with Gasteiger partial charge in [-0.1, -0.05) is 6.42 Å².